The van der Waals surface area contributed by atoms with Crippen LogP contribution in [0.15, 0.2) is 61.1 Å². The Kier molecular flexibility index (Phi) is 4.92. The third kappa shape index (κ3) is 3.61. The molecule has 0 spiro atoms. The molecule has 0 aliphatic rings. The topological polar surface area (TPSA) is 125 Å². The summed E-state index contributed by atoms with van der Waals surface area (Å²) in [4.78, 5) is 28.1. The van der Waals surface area contributed by atoms with Crippen molar-refractivity contribution in [1.29, 1.82) is 0 Å². The van der Waals surface area contributed by atoms with Crippen LogP contribution in [0, 0.1) is 10.1 Å². The summed E-state index contributed by atoms with van der Waals surface area (Å²) < 4.78 is 11.9. The summed E-state index contributed by atoms with van der Waals surface area (Å²) in [5.41, 5.74) is 0.892. The normalized spacial score (nSPS) is 10.9. The lowest BCUT2D eigenvalue weighted by molar-refractivity contribution is -0.385. The number of methoxy groups -OCH3 is 1. The van der Waals surface area contributed by atoms with E-state index in [9.17, 15) is 10.1 Å². The van der Waals surface area contributed by atoms with Gasteiger partial charge < -0.3 is 14.8 Å². The van der Waals surface area contributed by atoms with Gasteiger partial charge in [-0.1, -0.05) is 29.5 Å². The zero-order valence-corrected chi connectivity index (χ0v) is 17.4. The Morgan fingerprint density at radius 3 is 2.81 bits per heavy atom. The molecule has 0 atom stereocenters. The minimum Gasteiger partial charge on any atom is -0.497 e. The second-order valence-electron chi connectivity index (χ2n) is 6.54. The molecule has 158 valence electrons. The van der Waals surface area contributed by atoms with Crippen LogP contribution in [-0.4, -0.2) is 32.0 Å². The maximum Gasteiger partial charge on any atom is 0.373 e. The first-order chi connectivity index (χ1) is 15.6. The lowest BCUT2D eigenvalue weighted by atomic mass is 10.2. The van der Waals surface area contributed by atoms with Crippen molar-refractivity contribution in [3.63, 3.8) is 0 Å². The van der Waals surface area contributed by atoms with Crippen LogP contribution in [0.5, 0.6) is 17.4 Å². The predicted octanol–water partition coefficient (Wildman–Crippen LogP) is 5.09. The summed E-state index contributed by atoms with van der Waals surface area (Å²) in [5.74, 6) is 0.815. The smallest absolute Gasteiger partial charge is 0.373 e. The van der Waals surface area contributed by atoms with Gasteiger partial charge in [0.2, 0.25) is 5.82 Å². The van der Waals surface area contributed by atoms with Crippen LogP contribution in [0.25, 0.3) is 21.1 Å². The lowest BCUT2D eigenvalue weighted by Crippen LogP contribution is -2.03. The van der Waals surface area contributed by atoms with Crippen molar-refractivity contribution in [2.24, 2.45) is 0 Å². The Hall–Kier alpha value is -4.38. The third-order valence-electron chi connectivity index (χ3n) is 4.59. The van der Waals surface area contributed by atoms with Crippen molar-refractivity contribution >= 4 is 49.1 Å². The van der Waals surface area contributed by atoms with Gasteiger partial charge in [-0.25, -0.2) is 9.97 Å². The number of pyridine rings is 1. The number of thiazole rings is 1. The van der Waals surface area contributed by atoms with Crippen molar-refractivity contribution in [2.75, 3.05) is 12.4 Å². The molecule has 0 unspecified atom stereocenters. The first-order valence-corrected chi connectivity index (χ1v) is 10.2. The van der Waals surface area contributed by atoms with E-state index in [1.54, 1.807) is 37.6 Å². The van der Waals surface area contributed by atoms with Crippen molar-refractivity contribution in [1.82, 2.24) is 19.9 Å². The molecule has 0 fully saturated rings. The summed E-state index contributed by atoms with van der Waals surface area (Å²) in [5, 5.41) is 16.1. The highest BCUT2D eigenvalue weighted by Gasteiger charge is 2.26. The average molecular weight is 446 g/mol. The molecular weight excluding hydrogens is 432 g/mol. The highest BCUT2D eigenvalue weighted by atomic mass is 32.1. The summed E-state index contributed by atoms with van der Waals surface area (Å²) >= 11 is 1.32. The largest absolute Gasteiger partial charge is 0.497 e. The Balaban J connectivity index is 1.53. The molecule has 0 bridgehead atoms. The van der Waals surface area contributed by atoms with E-state index >= 15 is 0 Å². The minimum atomic E-state index is -0.591. The van der Waals surface area contributed by atoms with Crippen LogP contribution in [-0.2, 0) is 0 Å². The molecule has 0 aliphatic heterocycles. The standard InChI is InChI=1S/C21H14N6O4S/c1-30-13-7-8-14-16(10-13)32-21(25-14)26-19-18(27(28)29)20(24-11-23-19)31-15-6-2-4-12-5-3-9-22-17(12)15/h2-11H,1H3,(H,23,24,25,26). The number of nitrogens with one attached hydrogen (secondary N) is 1. The molecular formula is C21H14N6O4S. The number of nitro groups is 1. The Bertz CT molecular complexity index is 1470. The van der Waals surface area contributed by atoms with Crippen LogP contribution in [0.2, 0.25) is 0 Å². The van der Waals surface area contributed by atoms with Crippen molar-refractivity contribution in [2.45, 2.75) is 0 Å². The van der Waals surface area contributed by atoms with E-state index in [4.69, 9.17) is 9.47 Å². The Labute approximate surface area is 184 Å². The number of fused-ring (bicyclic) bond motifs is 2. The van der Waals surface area contributed by atoms with E-state index in [2.05, 4.69) is 25.3 Å². The van der Waals surface area contributed by atoms with Gasteiger partial charge in [-0.3, -0.25) is 15.1 Å². The summed E-state index contributed by atoms with van der Waals surface area (Å²) in [6, 6.07) is 14.5. The molecule has 2 aromatic carbocycles. The summed E-state index contributed by atoms with van der Waals surface area (Å²) in [6.45, 7) is 0. The molecule has 5 rings (SSSR count). The van der Waals surface area contributed by atoms with Crippen molar-refractivity contribution in [3.05, 3.63) is 71.2 Å². The van der Waals surface area contributed by atoms with Gasteiger partial charge in [0.1, 0.15) is 17.6 Å². The molecule has 1 N–H and O–H groups in total. The van der Waals surface area contributed by atoms with Gasteiger partial charge in [0, 0.05) is 11.6 Å². The first-order valence-electron chi connectivity index (χ1n) is 9.35. The fourth-order valence-electron chi connectivity index (χ4n) is 3.14. The molecule has 5 aromatic rings. The molecule has 0 aliphatic carbocycles. The number of hydrogen-bond donors (Lipinski definition) is 1. The predicted molar refractivity (Wildman–Crippen MR) is 120 cm³/mol. The van der Waals surface area contributed by atoms with E-state index < -0.39 is 10.6 Å². The van der Waals surface area contributed by atoms with Crippen LogP contribution in [0.3, 0.4) is 0 Å². The zero-order chi connectivity index (χ0) is 22.1. The number of ether oxygens (including phenoxy) is 2. The number of rotatable bonds is 6. The van der Waals surface area contributed by atoms with E-state index in [0.29, 0.717) is 22.1 Å². The van der Waals surface area contributed by atoms with Crippen LogP contribution in [0.4, 0.5) is 16.6 Å². The van der Waals surface area contributed by atoms with Crippen LogP contribution in [0.1, 0.15) is 0 Å². The fourth-order valence-corrected chi connectivity index (χ4v) is 4.04. The first kappa shape index (κ1) is 19.6. The monoisotopic (exact) mass is 446 g/mol. The number of anilines is 2. The van der Waals surface area contributed by atoms with E-state index in [1.165, 1.54) is 17.7 Å². The van der Waals surface area contributed by atoms with Gasteiger partial charge in [-0.15, -0.1) is 0 Å². The second-order valence-corrected chi connectivity index (χ2v) is 7.57. The molecule has 3 aromatic heterocycles. The molecule has 0 radical (unpaired) electrons. The molecule has 11 heteroatoms. The fraction of sp³-hybridized carbons (Fsp3) is 0.0476. The molecule has 3 heterocycles. The lowest BCUT2D eigenvalue weighted by Gasteiger charge is -2.09. The maximum atomic E-state index is 11.9. The van der Waals surface area contributed by atoms with Gasteiger partial charge in [0.05, 0.1) is 22.2 Å². The van der Waals surface area contributed by atoms with E-state index in [-0.39, 0.29) is 11.7 Å². The second kappa shape index (κ2) is 8.04. The Morgan fingerprint density at radius 2 is 1.97 bits per heavy atom. The average Bonchev–Trinajstić information content (AvgIpc) is 3.20. The zero-order valence-electron chi connectivity index (χ0n) is 16.6. The number of para-hydroxylation sites is 1. The third-order valence-corrected chi connectivity index (χ3v) is 5.53. The van der Waals surface area contributed by atoms with Crippen molar-refractivity contribution in [3.8, 4) is 17.4 Å². The molecule has 0 saturated carbocycles. The van der Waals surface area contributed by atoms with E-state index in [0.717, 1.165) is 15.6 Å². The molecule has 10 nitrogen and oxygen atoms in total. The Morgan fingerprint density at radius 1 is 1.09 bits per heavy atom. The van der Waals surface area contributed by atoms with Crippen molar-refractivity contribution < 1.29 is 14.4 Å². The number of hydrogen-bond acceptors (Lipinski definition) is 10. The molecule has 0 amide bonds. The van der Waals surface area contributed by atoms with Gasteiger partial charge in [-0.2, -0.15) is 4.98 Å². The van der Waals surface area contributed by atoms with Crippen LogP contribution >= 0.6 is 11.3 Å². The minimum absolute atomic E-state index is 0.0285. The van der Waals surface area contributed by atoms with E-state index in [1.807, 2.05) is 24.3 Å². The van der Waals surface area contributed by atoms with Crippen LogP contribution < -0.4 is 14.8 Å². The van der Waals surface area contributed by atoms with Gasteiger partial charge in [0.25, 0.3) is 0 Å². The van der Waals surface area contributed by atoms with Gasteiger partial charge in [-0.05, 0) is 30.3 Å². The summed E-state index contributed by atoms with van der Waals surface area (Å²) in [7, 11) is 1.58. The molecule has 0 saturated heterocycles. The SMILES string of the molecule is COc1ccc2nc(Nc3ncnc(Oc4cccc5cccnc45)c3[N+](=O)[O-])sc2c1. The van der Waals surface area contributed by atoms with Gasteiger partial charge in [0.15, 0.2) is 10.9 Å². The quantitative estimate of drug-likeness (QED) is 0.280. The highest BCUT2D eigenvalue weighted by Crippen LogP contribution is 2.38. The maximum absolute atomic E-state index is 11.9. The molecule has 32 heavy (non-hydrogen) atoms. The number of nitrogens with zero attached hydrogens (tertiary/aromatic N) is 5. The number of benzene rings is 2. The summed E-state index contributed by atoms with van der Waals surface area (Å²) in [6.07, 6.45) is 2.82. The highest BCUT2D eigenvalue weighted by molar-refractivity contribution is 7.22. The van der Waals surface area contributed by atoms with Gasteiger partial charge >= 0.3 is 11.6 Å². The number of aromatic nitrogens is 4.